The van der Waals surface area contributed by atoms with Crippen LogP contribution in [-0.4, -0.2) is 60.0 Å². The first-order valence-corrected chi connectivity index (χ1v) is 10.3. The van der Waals surface area contributed by atoms with Crippen LogP contribution >= 0.6 is 0 Å². The first-order valence-electron chi connectivity index (χ1n) is 10.3. The fraction of sp³-hybridized carbons (Fsp3) is 0.500. The number of nitrogens with zero attached hydrogens (tertiary/aromatic N) is 5. The van der Waals surface area contributed by atoms with E-state index in [1.54, 1.807) is 0 Å². The lowest BCUT2D eigenvalue weighted by atomic mass is 10.1. The minimum absolute atomic E-state index is 0.0210. The SMILES string of the molecule is Cc1cccc(N2CCN(C(=O)c3cc(C)nc(N4CCCCC4)n3)CC2)c1. The van der Waals surface area contributed by atoms with Gasteiger partial charge in [0.15, 0.2) is 0 Å². The number of benzene rings is 1. The van der Waals surface area contributed by atoms with E-state index in [2.05, 4.69) is 51.0 Å². The molecule has 0 N–H and O–H groups in total. The van der Waals surface area contributed by atoms with Crippen molar-refractivity contribution in [3.8, 4) is 0 Å². The van der Waals surface area contributed by atoms with E-state index in [4.69, 9.17) is 0 Å². The molecular formula is C22H29N5O. The molecule has 0 radical (unpaired) electrons. The average molecular weight is 380 g/mol. The van der Waals surface area contributed by atoms with Crippen LogP contribution in [0.15, 0.2) is 30.3 Å². The van der Waals surface area contributed by atoms with Crippen LogP contribution in [0.1, 0.15) is 41.0 Å². The second-order valence-electron chi connectivity index (χ2n) is 7.86. The van der Waals surface area contributed by atoms with E-state index in [-0.39, 0.29) is 5.91 Å². The molecule has 4 rings (SSSR count). The van der Waals surface area contributed by atoms with Gasteiger partial charge in [-0.1, -0.05) is 12.1 Å². The van der Waals surface area contributed by atoms with Crippen molar-refractivity contribution in [3.05, 3.63) is 47.3 Å². The molecule has 0 bridgehead atoms. The highest BCUT2D eigenvalue weighted by molar-refractivity contribution is 5.93. The molecule has 3 heterocycles. The van der Waals surface area contributed by atoms with Gasteiger partial charge in [-0.3, -0.25) is 4.79 Å². The number of hydrogen-bond acceptors (Lipinski definition) is 5. The van der Waals surface area contributed by atoms with E-state index in [0.29, 0.717) is 11.6 Å². The maximum atomic E-state index is 13.1. The Morgan fingerprint density at radius 1 is 0.857 bits per heavy atom. The summed E-state index contributed by atoms with van der Waals surface area (Å²) in [5, 5.41) is 0. The summed E-state index contributed by atoms with van der Waals surface area (Å²) >= 11 is 0. The van der Waals surface area contributed by atoms with Gasteiger partial charge < -0.3 is 14.7 Å². The van der Waals surface area contributed by atoms with Crippen molar-refractivity contribution in [3.63, 3.8) is 0 Å². The zero-order chi connectivity index (χ0) is 19.5. The van der Waals surface area contributed by atoms with Crippen LogP contribution in [0.25, 0.3) is 0 Å². The molecule has 28 heavy (non-hydrogen) atoms. The summed E-state index contributed by atoms with van der Waals surface area (Å²) in [5.74, 6) is 0.731. The molecule has 2 aliphatic heterocycles. The molecular weight excluding hydrogens is 350 g/mol. The fourth-order valence-electron chi connectivity index (χ4n) is 4.05. The Morgan fingerprint density at radius 3 is 2.32 bits per heavy atom. The molecule has 2 aromatic rings. The van der Waals surface area contributed by atoms with Crippen molar-refractivity contribution in [2.75, 3.05) is 49.1 Å². The lowest BCUT2D eigenvalue weighted by molar-refractivity contribution is 0.0740. The Bertz CT molecular complexity index is 839. The van der Waals surface area contributed by atoms with E-state index in [1.165, 1.54) is 30.5 Å². The number of amides is 1. The highest BCUT2D eigenvalue weighted by Gasteiger charge is 2.25. The molecule has 0 atom stereocenters. The monoisotopic (exact) mass is 379 g/mol. The van der Waals surface area contributed by atoms with E-state index in [9.17, 15) is 4.79 Å². The first kappa shape index (κ1) is 18.7. The Labute approximate surface area is 167 Å². The number of piperazine rings is 1. The van der Waals surface area contributed by atoms with Crippen LogP contribution in [0.3, 0.4) is 0 Å². The summed E-state index contributed by atoms with van der Waals surface area (Å²) in [7, 11) is 0. The zero-order valence-corrected chi connectivity index (χ0v) is 16.9. The van der Waals surface area contributed by atoms with E-state index < -0.39 is 0 Å². The van der Waals surface area contributed by atoms with Gasteiger partial charge in [-0.05, 0) is 56.9 Å². The Morgan fingerprint density at radius 2 is 1.61 bits per heavy atom. The number of aromatic nitrogens is 2. The summed E-state index contributed by atoms with van der Waals surface area (Å²) in [5.41, 5.74) is 3.88. The van der Waals surface area contributed by atoms with Gasteiger partial charge in [-0.15, -0.1) is 0 Å². The molecule has 0 saturated carbocycles. The third kappa shape index (κ3) is 4.11. The lowest BCUT2D eigenvalue weighted by Crippen LogP contribution is -2.49. The van der Waals surface area contributed by atoms with E-state index >= 15 is 0 Å². The first-order chi connectivity index (χ1) is 13.6. The van der Waals surface area contributed by atoms with Gasteiger partial charge in [0.25, 0.3) is 5.91 Å². The van der Waals surface area contributed by atoms with Crippen LogP contribution in [0.2, 0.25) is 0 Å². The predicted molar refractivity (Wildman–Crippen MR) is 112 cm³/mol. The molecule has 148 valence electrons. The molecule has 1 aromatic heterocycles. The molecule has 0 unspecified atom stereocenters. The average Bonchev–Trinajstić information content (AvgIpc) is 2.73. The summed E-state index contributed by atoms with van der Waals surface area (Å²) in [6.07, 6.45) is 3.60. The summed E-state index contributed by atoms with van der Waals surface area (Å²) < 4.78 is 0. The van der Waals surface area contributed by atoms with E-state index in [1.807, 2.05) is 17.9 Å². The number of piperidine rings is 1. The van der Waals surface area contributed by atoms with Crippen molar-refractivity contribution in [2.45, 2.75) is 33.1 Å². The molecule has 0 aliphatic carbocycles. The molecule has 2 fully saturated rings. The standard InChI is InChI=1S/C22H29N5O/c1-17-7-6-8-19(15-17)25-11-13-26(14-12-25)21(28)20-16-18(2)23-22(24-20)27-9-4-3-5-10-27/h6-8,15-16H,3-5,9-14H2,1-2H3. The van der Waals surface area contributed by atoms with Gasteiger partial charge in [0, 0.05) is 50.6 Å². The van der Waals surface area contributed by atoms with Crippen molar-refractivity contribution < 1.29 is 4.79 Å². The highest BCUT2D eigenvalue weighted by atomic mass is 16.2. The van der Waals surface area contributed by atoms with Crippen LogP contribution < -0.4 is 9.80 Å². The quantitative estimate of drug-likeness (QED) is 0.820. The Balaban J connectivity index is 1.44. The van der Waals surface area contributed by atoms with Gasteiger partial charge in [-0.25, -0.2) is 9.97 Å². The largest absolute Gasteiger partial charge is 0.368 e. The smallest absolute Gasteiger partial charge is 0.272 e. The number of anilines is 2. The number of rotatable bonds is 3. The fourth-order valence-corrected chi connectivity index (χ4v) is 4.05. The van der Waals surface area contributed by atoms with E-state index in [0.717, 1.165) is 45.0 Å². The van der Waals surface area contributed by atoms with Crippen LogP contribution in [0.4, 0.5) is 11.6 Å². The van der Waals surface area contributed by atoms with Crippen molar-refractivity contribution in [1.29, 1.82) is 0 Å². The molecule has 6 heteroatoms. The molecule has 1 aromatic carbocycles. The maximum absolute atomic E-state index is 13.1. The van der Waals surface area contributed by atoms with Gasteiger partial charge in [0.1, 0.15) is 5.69 Å². The minimum Gasteiger partial charge on any atom is -0.368 e. The maximum Gasteiger partial charge on any atom is 0.272 e. The molecule has 2 saturated heterocycles. The van der Waals surface area contributed by atoms with Crippen LogP contribution in [0, 0.1) is 13.8 Å². The molecule has 2 aliphatic rings. The summed E-state index contributed by atoms with van der Waals surface area (Å²) in [6.45, 7) is 9.14. The summed E-state index contributed by atoms with van der Waals surface area (Å²) in [4.78, 5) is 28.8. The predicted octanol–water partition coefficient (Wildman–Crippen LogP) is 3.05. The van der Waals surface area contributed by atoms with Crippen LogP contribution in [-0.2, 0) is 0 Å². The number of aryl methyl sites for hydroxylation is 2. The number of carbonyl (C=O) groups excluding carboxylic acids is 1. The van der Waals surface area contributed by atoms with Crippen molar-refractivity contribution in [2.24, 2.45) is 0 Å². The molecule has 1 amide bonds. The summed E-state index contributed by atoms with van der Waals surface area (Å²) in [6, 6.07) is 10.4. The third-order valence-electron chi connectivity index (χ3n) is 5.63. The molecule has 0 spiro atoms. The Kier molecular flexibility index (Phi) is 5.46. The van der Waals surface area contributed by atoms with Crippen molar-refractivity contribution in [1.82, 2.24) is 14.9 Å². The second-order valence-corrected chi connectivity index (χ2v) is 7.86. The normalized spacial score (nSPS) is 17.7. The lowest BCUT2D eigenvalue weighted by Gasteiger charge is -2.36. The van der Waals surface area contributed by atoms with Crippen LogP contribution in [0.5, 0.6) is 0 Å². The number of hydrogen-bond donors (Lipinski definition) is 0. The molecule has 6 nitrogen and oxygen atoms in total. The highest BCUT2D eigenvalue weighted by Crippen LogP contribution is 2.20. The van der Waals surface area contributed by atoms with Gasteiger partial charge in [0.2, 0.25) is 5.95 Å². The topological polar surface area (TPSA) is 52.6 Å². The third-order valence-corrected chi connectivity index (χ3v) is 5.63. The zero-order valence-electron chi connectivity index (χ0n) is 16.9. The van der Waals surface area contributed by atoms with Gasteiger partial charge >= 0.3 is 0 Å². The second kappa shape index (κ2) is 8.17. The number of carbonyl (C=O) groups is 1. The van der Waals surface area contributed by atoms with Gasteiger partial charge in [-0.2, -0.15) is 0 Å². The van der Waals surface area contributed by atoms with Crippen molar-refractivity contribution >= 4 is 17.5 Å². The minimum atomic E-state index is 0.0210. The van der Waals surface area contributed by atoms with Gasteiger partial charge in [0.05, 0.1) is 0 Å². The Hall–Kier alpha value is -2.63.